The number of carbonyl (C=O) groups excluding carboxylic acids is 1. The summed E-state index contributed by atoms with van der Waals surface area (Å²) in [6.45, 7) is 5.96. The Bertz CT molecular complexity index is 1020. The molecule has 2 aromatic carbocycles. The van der Waals surface area contributed by atoms with Gasteiger partial charge < -0.3 is 4.90 Å². The Hall–Kier alpha value is -2.41. The molecule has 5 nitrogen and oxygen atoms in total. The van der Waals surface area contributed by atoms with Crippen molar-refractivity contribution >= 4 is 29.3 Å². The summed E-state index contributed by atoms with van der Waals surface area (Å²) < 4.78 is 0. The van der Waals surface area contributed by atoms with E-state index in [2.05, 4.69) is 70.3 Å². The predicted octanol–water partition coefficient (Wildman–Crippen LogP) is 4.69. The molecule has 4 rings (SSSR count). The van der Waals surface area contributed by atoms with Gasteiger partial charge >= 0.3 is 0 Å². The van der Waals surface area contributed by atoms with Gasteiger partial charge in [0.05, 0.1) is 11.2 Å². The highest BCUT2D eigenvalue weighted by Crippen LogP contribution is 2.23. The molecule has 1 amide bonds. The summed E-state index contributed by atoms with van der Waals surface area (Å²) in [5, 5.41) is 0.868. The molecule has 1 aliphatic heterocycles. The zero-order chi connectivity index (χ0) is 21.6. The molecule has 1 aromatic heterocycles. The van der Waals surface area contributed by atoms with Crippen molar-refractivity contribution in [2.75, 3.05) is 26.2 Å². The highest BCUT2D eigenvalue weighted by molar-refractivity contribution is 7.98. The number of nitrogens with zero attached hydrogens (tertiary/aromatic N) is 4. The summed E-state index contributed by atoms with van der Waals surface area (Å²) in [4.78, 5) is 26.1. The van der Waals surface area contributed by atoms with E-state index in [9.17, 15) is 4.79 Å². The van der Waals surface area contributed by atoms with E-state index < -0.39 is 0 Å². The number of hydrogen-bond donors (Lipinski definition) is 0. The SMILES string of the molecule is Cc1ccc(CSc2ncc(Cl)c(C(=O)N3CCN(Cc4ccccc4)CC3)n2)cc1. The Labute approximate surface area is 192 Å². The van der Waals surface area contributed by atoms with Gasteiger partial charge in [-0.3, -0.25) is 9.69 Å². The van der Waals surface area contributed by atoms with Crippen LogP contribution in [0.5, 0.6) is 0 Å². The van der Waals surface area contributed by atoms with E-state index in [1.807, 2.05) is 11.0 Å². The van der Waals surface area contributed by atoms with Crippen LogP contribution in [-0.2, 0) is 12.3 Å². The van der Waals surface area contributed by atoms with Gasteiger partial charge in [0, 0.05) is 38.5 Å². The maximum absolute atomic E-state index is 13.1. The number of rotatable bonds is 6. The van der Waals surface area contributed by atoms with Crippen molar-refractivity contribution in [2.45, 2.75) is 24.4 Å². The van der Waals surface area contributed by atoms with E-state index in [-0.39, 0.29) is 5.91 Å². The minimum Gasteiger partial charge on any atom is -0.335 e. The summed E-state index contributed by atoms with van der Waals surface area (Å²) in [6.07, 6.45) is 1.53. The van der Waals surface area contributed by atoms with Crippen molar-refractivity contribution in [3.05, 3.63) is 88.2 Å². The molecule has 3 aromatic rings. The van der Waals surface area contributed by atoms with E-state index in [1.165, 1.54) is 34.6 Å². The van der Waals surface area contributed by atoms with Gasteiger partial charge in [0.25, 0.3) is 5.91 Å². The van der Waals surface area contributed by atoms with Crippen LogP contribution in [0, 0.1) is 6.92 Å². The van der Waals surface area contributed by atoms with Crippen molar-refractivity contribution < 1.29 is 4.79 Å². The van der Waals surface area contributed by atoms with Gasteiger partial charge in [0.15, 0.2) is 10.9 Å². The van der Waals surface area contributed by atoms with Crippen LogP contribution >= 0.6 is 23.4 Å². The molecule has 0 unspecified atom stereocenters. The molecule has 0 saturated carbocycles. The average Bonchev–Trinajstić information content (AvgIpc) is 2.80. The van der Waals surface area contributed by atoms with Gasteiger partial charge in [0.2, 0.25) is 0 Å². The second-order valence-corrected chi connectivity index (χ2v) is 9.03. The van der Waals surface area contributed by atoms with E-state index in [4.69, 9.17) is 11.6 Å². The lowest BCUT2D eigenvalue weighted by Gasteiger charge is -2.34. The van der Waals surface area contributed by atoms with Gasteiger partial charge in [-0.25, -0.2) is 9.97 Å². The normalized spacial score (nSPS) is 14.6. The zero-order valence-corrected chi connectivity index (χ0v) is 19.1. The van der Waals surface area contributed by atoms with E-state index in [1.54, 1.807) is 0 Å². The number of carbonyl (C=O) groups is 1. The predicted molar refractivity (Wildman–Crippen MR) is 125 cm³/mol. The molecule has 0 radical (unpaired) electrons. The smallest absolute Gasteiger partial charge is 0.274 e. The number of aromatic nitrogens is 2. The average molecular weight is 453 g/mol. The molecule has 1 aliphatic rings. The Morgan fingerprint density at radius 1 is 1.00 bits per heavy atom. The quantitative estimate of drug-likeness (QED) is 0.401. The molecule has 7 heteroatoms. The highest BCUT2D eigenvalue weighted by atomic mass is 35.5. The molecule has 1 fully saturated rings. The van der Waals surface area contributed by atoms with E-state index in [0.29, 0.717) is 29.0 Å². The van der Waals surface area contributed by atoms with Crippen LogP contribution in [0.1, 0.15) is 27.2 Å². The van der Waals surface area contributed by atoms with Crippen LogP contribution in [0.15, 0.2) is 66.0 Å². The molecule has 1 saturated heterocycles. The largest absolute Gasteiger partial charge is 0.335 e. The lowest BCUT2D eigenvalue weighted by atomic mass is 10.2. The van der Waals surface area contributed by atoms with Crippen molar-refractivity contribution in [1.82, 2.24) is 19.8 Å². The second-order valence-electron chi connectivity index (χ2n) is 7.68. The Kier molecular flexibility index (Phi) is 7.22. The van der Waals surface area contributed by atoms with Crippen molar-refractivity contribution in [3.8, 4) is 0 Å². The summed E-state index contributed by atoms with van der Waals surface area (Å²) >= 11 is 7.80. The fourth-order valence-electron chi connectivity index (χ4n) is 3.50. The number of aryl methyl sites for hydroxylation is 1. The molecule has 0 bridgehead atoms. The molecule has 31 heavy (non-hydrogen) atoms. The van der Waals surface area contributed by atoms with Gasteiger partial charge in [-0.2, -0.15) is 0 Å². The number of thioether (sulfide) groups is 1. The van der Waals surface area contributed by atoms with E-state index in [0.717, 1.165) is 25.4 Å². The minimum absolute atomic E-state index is 0.121. The molecule has 2 heterocycles. The van der Waals surface area contributed by atoms with Crippen LogP contribution in [0.25, 0.3) is 0 Å². The number of hydrogen-bond acceptors (Lipinski definition) is 5. The van der Waals surface area contributed by atoms with Crippen LogP contribution in [0.4, 0.5) is 0 Å². The summed E-state index contributed by atoms with van der Waals surface area (Å²) in [7, 11) is 0. The summed E-state index contributed by atoms with van der Waals surface area (Å²) in [5.74, 6) is 0.622. The third kappa shape index (κ3) is 5.85. The number of amides is 1. The first kappa shape index (κ1) is 21.8. The third-order valence-corrected chi connectivity index (χ3v) is 6.53. The van der Waals surface area contributed by atoms with Gasteiger partial charge in [-0.1, -0.05) is 83.5 Å². The van der Waals surface area contributed by atoms with Gasteiger partial charge in [-0.05, 0) is 18.1 Å². The van der Waals surface area contributed by atoms with Gasteiger partial charge in [-0.15, -0.1) is 0 Å². The third-order valence-electron chi connectivity index (χ3n) is 5.32. The first-order valence-electron chi connectivity index (χ1n) is 10.3. The fraction of sp³-hybridized carbons (Fsp3) is 0.292. The van der Waals surface area contributed by atoms with Crippen molar-refractivity contribution in [1.29, 1.82) is 0 Å². The molecular weight excluding hydrogens is 428 g/mol. The second kappa shape index (κ2) is 10.3. The van der Waals surface area contributed by atoms with Crippen molar-refractivity contribution in [2.24, 2.45) is 0 Å². The van der Waals surface area contributed by atoms with Crippen LogP contribution in [0.2, 0.25) is 5.02 Å². The van der Waals surface area contributed by atoms with Crippen LogP contribution in [-0.4, -0.2) is 51.9 Å². The van der Waals surface area contributed by atoms with Gasteiger partial charge in [0.1, 0.15) is 0 Å². The maximum atomic E-state index is 13.1. The van der Waals surface area contributed by atoms with Crippen molar-refractivity contribution in [3.63, 3.8) is 0 Å². The summed E-state index contributed by atoms with van der Waals surface area (Å²) in [5.41, 5.74) is 4.00. The zero-order valence-electron chi connectivity index (χ0n) is 17.5. The monoisotopic (exact) mass is 452 g/mol. The number of piperazine rings is 1. The molecule has 0 aliphatic carbocycles. The number of benzene rings is 2. The molecule has 160 valence electrons. The topological polar surface area (TPSA) is 49.3 Å². The maximum Gasteiger partial charge on any atom is 0.274 e. The first-order chi connectivity index (χ1) is 15.1. The molecule has 0 N–H and O–H groups in total. The number of halogens is 1. The fourth-order valence-corrected chi connectivity index (χ4v) is 4.45. The first-order valence-corrected chi connectivity index (χ1v) is 11.7. The lowest BCUT2D eigenvalue weighted by Crippen LogP contribution is -2.48. The molecule has 0 spiro atoms. The highest BCUT2D eigenvalue weighted by Gasteiger charge is 2.25. The lowest BCUT2D eigenvalue weighted by molar-refractivity contribution is 0.0622. The Balaban J connectivity index is 1.35. The summed E-state index contributed by atoms with van der Waals surface area (Å²) in [6, 6.07) is 18.8. The molecular formula is C24H25ClN4OS. The standard InChI is InChI=1S/C24H25ClN4OS/c1-18-7-9-20(10-8-18)17-31-24-26-15-21(25)22(27-24)23(30)29-13-11-28(12-14-29)16-19-5-3-2-4-6-19/h2-10,15H,11-14,16-17H2,1H3. The van der Waals surface area contributed by atoms with Crippen LogP contribution < -0.4 is 0 Å². The molecule has 0 atom stereocenters. The van der Waals surface area contributed by atoms with Crippen LogP contribution in [0.3, 0.4) is 0 Å². The Morgan fingerprint density at radius 3 is 2.42 bits per heavy atom. The Morgan fingerprint density at radius 2 is 1.71 bits per heavy atom. The van der Waals surface area contributed by atoms with E-state index >= 15 is 0 Å². The minimum atomic E-state index is -0.121.